The molecular formula is C11H15NO2Se. The van der Waals surface area contributed by atoms with Crippen molar-refractivity contribution >= 4 is 20.3 Å². The Kier molecular flexibility index (Phi) is 4.66. The summed E-state index contributed by atoms with van der Waals surface area (Å²) in [4.78, 5) is 1.89. The monoisotopic (exact) mass is 273 g/mol. The van der Waals surface area contributed by atoms with Gasteiger partial charge in [-0.1, -0.05) is 0 Å². The second-order valence-electron chi connectivity index (χ2n) is 3.30. The average Bonchev–Trinajstić information content (AvgIpc) is 2.26. The summed E-state index contributed by atoms with van der Waals surface area (Å²) in [6.07, 6.45) is 0. The van der Waals surface area contributed by atoms with Gasteiger partial charge in [0.15, 0.2) is 0 Å². The van der Waals surface area contributed by atoms with E-state index in [1.165, 1.54) is 0 Å². The van der Waals surface area contributed by atoms with Crippen LogP contribution < -0.4 is 4.74 Å². The third-order valence-corrected chi connectivity index (χ3v) is 2.90. The molecule has 15 heavy (non-hydrogen) atoms. The second kappa shape index (κ2) is 5.79. The van der Waals surface area contributed by atoms with Crippen molar-refractivity contribution in [3.8, 4) is 5.75 Å². The fourth-order valence-corrected chi connectivity index (χ4v) is 1.12. The van der Waals surface area contributed by atoms with Crippen molar-refractivity contribution < 1.29 is 9.47 Å². The Labute approximate surface area is 98.3 Å². The van der Waals surface area contributed by atoms with Crippen LogP contribution in [0.5, 0.6) is 5.75 Å². The summed E-state index contributed by atoms with van der Waals surface area (Å²) in [6, 6.07) is 7.82. The van der Waals surface area contributed by atoms with E-state index in [1.54, 1.807) is 7.11 Å². The van der Waals surface area contributed by atoms with Gasteiger partial charge in [0.25, 0.3) is 0 Å². The van der Waals surface area contributed by atoms with Crippen LogP contribution >= 0.6 is 0 Å². The first kappa shape index (κ1) is 12.1. The Morgan fingerprint density at radius 3 is 2.33 bits per heavy atom. The third-order valence-electron chi connectivity index (χ3n) is 1.89. The van der Waals surface area contributed by atoms with Gasteiger partial charge in [-0.2, -0.15) is 0 Å². The minimum atomic E-state index is 0.560. The third kappa shape index (κ3) is 3.94. The molecule has 0 unspecified atom stereocenters. The molecule has 0 saturated heterocycles. The van der Waals surface area contributed by atoms with Gasteiger partial charge in [0, 0.05) is 0 Å². The Morgan fingerprint density at radius 1 is 1.27 bits per heavy atom. The SMILES string of the molecule is COc1ccc(COC(=[Se])N(C)C)cc1. The molecular weight excluding hydrogens is 257 g/mol. The molecule has 1 rings (SSSR count). The number of methoxy groups -OCH3 is 1. The summed E-state index contributed by atoms with van der Waals surface area (Å²) in [6.45, 7) is 0.560. The molecule has 0 amide bonds. The maximum absolute atomic E-state index is 5.51. The van der Waals surface area contributed by atoms with E-state index in [-0.39, 0.29) is 0 Å². The van der Waals surface area contributed by atoms with Crippen molar-refractivity contribution in [2.24, 2.45) is 0 Å². The summed E-state index contributed by atoms with van der Waals surface area (Å²) in [5.74, 6) is 0.860. The van der Waals surface area contributed by atoms with E-state index >= 15 is 0 Å². The number of rotatable bonds is 5. The van der Waals surface area contributed by atoms with Crippen LogP contribution in [0.4, 0.5) is 0 Å². The molecule has 0 spiro atoms. The Morgan fingerprint density at radius 2 is 1.87 bits per heavy atom. The van der Waals surface area contributed by atoms with Crippen molar-refractivity contribution in [3.05, 3.63) is 29.8 Å². The Bertz CT molecular complexity index is 322. The van der Waals surface area contributed by atoms with Crippen LogP contribution in [-0.2, 0) is 11.3 Å². The first-order valence-corrected chi connectivity index (χ1v) is 5.46. The second-order valence-corrected chi connectivity index (χ2v) is 4.03. The van der Waals surface area contributed by atoms with Gasteiger partial charge >= 0.3 is 98.1 Å². The van der Waals surface area contributed by atoms with Crippen molar-refractivity contribution in [2.75, 3.05) is 21.2 Å². The van der Waals surface area contributed by atoms with E-state index in [4.69, 9.17) is 9.47 Å². The van der Waals surface area contributed by atoms with Gasteiger partial charge in [0.05, 0.1) is 0 Å². The van der Waals surface area contributed by atoms with E-state index in [0.717, 1.165) is 16.0 Å². The summed E-state index contributed by atoms with van der Waals surface area (Å²) in [5.41, 5.74) is 1.12. The number of hydrogen-bond donors (Lipinski definition) is 0. The molecule has 0 aromatic heterocycles. The van der Waals surface area contributed by atoms with Crippen LogP contribution in [0.25, 0.3) is 0 Å². The van der Waals surface area contributed by atoms with Crippen molar-refractivity contribution in [1.29, 1.82) is 0 Å². The predicted octanol–water partition coefficient (Wildman–Crippen LogP) is 1.03. The van der Waals surface area contributed by atoms with Gasteiger partial charge < -0.3 is 0 Å². The van der Waals surface area contributed by atoms with E-state index < -0.39 is 0 Å². The summed E-state index contributed by atoms with van der Waals surface area (Å²) in [7, 11) is 5.52. The van der Waals surface area contributed by atoms with Crippen LogP contribution in [0.1, 0.15) is 5.56 Å². The van der Waals surface area contributed by atoms with Crippen molar-refractivity contribution in [2.45, 2.75) is 6.61 Å². The Hall–Kier alpha value is -0.991. The van der Waals surface area contributed by atoms with Crippen LogP contribution in [0, 0.1) is 0 Å². The predicted molar refractivity (Wildman–Crippen MR) is 62.2 cm³/mol. The topological polar surface area (TPSA) is 21.7 Å². The molecule has 3 nitrogen and oxygen atoms in total. The number of nitrogens with zero attached hydrogens (tertiary/aromatic N) is 1. The van der Waals surface area contributed by atoms with Crippen LogP contribution in [0.15, 0.2) is 24.3 Å². The molecule has 0 aliphatic carbocycles. The van der Waals surface area contributed by atoms with Gasteiger partial charge in [-0.3, -0.25) is 0 Å². The van der Waals surface area contributed by atoms with Gasteiger partial charge in [-0.25, -0.2) is 0 Å². The molecule has 0 atom stereocenters. The number of benzene rings is 1. The summed E-state index contributed by atoms with van der Waals surface area (Å²) < 4.78 is 11.4. The van der Waals surface area contributed by atoms with E-state index in [1.807, 2.05) is 43.3 Å². The van der Waals surface area contributed by atoms with Crippen molar-refractivity contribution in [1.82, 2.24) is 4.90 Å². The quantitative estimate of drug-likeness (QED) is 0.747. The van der Waals surface area contributed by atoms with Crippen LogP contribution in [-0.4, -0.2) is 46.4 Å². The molecule has 0 N–H and O–H groups in total. The molecule has 1 aromatic rings. The van der Waals surface area contributed by atoms with Crippen LogP contribution in [0.2, 0.25) is 0 Å². The summed E-state index contributed by atoms with van der Waals surface area (Å²) >= 11 is 2.86. The molecule has 4 heteroatoms. The van der Waals surface area contributed by atoms with E-state index in [0.29, 0.717) is 6.61 Å². The zero-order chi connectivity index (χ0) is 11.3. The molecule has 1 aromatic carbocycles. The standard InChI is InChI=1S/C11H15NO2Se/c1-12(2)11(15)14-8-9-4-6-10(13-3)7-5-9/h4-7H,8H2,1-3H3. The normalized spacial score (nSPS) is 9.53. The summed E-state index contributed by atoms with van der Waals surface area (Å²) in [5, 5.41) is 0. The fourth-order valence-electron chi connectivity index (χ4n) is 0.996. The van der Waals surface area contributed by atoms with Gasteiger partial charge in [-0.15, -0.1) is 0 Å². The van der Waals surface area contributed by atoms with Gasteiger partial charge in [-0.05, 0) is 0 Å². The molecule has 0 fully saturated rings. The zero-order valence-corrected chi connectivity index (χ0v) is 10.9. The van der Waals surface area contributed by atoms with Crippen molar-refractivity contribution in [3.63, 3.8) is 0 Å². The minimum absolute atomic E-state index is 0.560. The molecule has 0 saturated carbocycles. The van der Waals surface area contributed by atoms with Gasteiger partial charge in [0.1, 0.15) is 0 Å². The Balaban J connectivity index is 2.47. The zero-order valence-electron chi connectivity index (χ0n) is 9.19. The van der Waals surface area contributed by atoms with Crippen LogP contribution in [0.3, 0.4) is 0 Å². The molecule has 0 bridgehead atoms. The fraction of sp³-hybridized carbons (Fsp3) is 0.364. The molecule has 0 aliphatic rings. The molecule has 82 valence electrons. The molecule has 0 heterocycles. The van der Waals surface area contributed by atoms with Gasteiger partial charge in [0.2, 0.25) is 0 Å². The molecule has 0 radical (unpaired) electrons. The number of ether oxygens (including phenoxy) is 2. The molecule has 0 aliphatic heterocycles. The first-order valence-electron chi connectivity index (χ1n) is 4.60. The maximum atomic E-state index is 5.51. The number of hydrogen-bond acceptors (Lipinski definition) is 3. The van der Waals surface area contributed by atoms with E-state index in [2.05, 4.69) is 15.6 Å². The first-order chi connectivity index (χ1) is 7.13. The average molecular weight is 272 g/mol. The van der Waals surface area contributed by atoms with E-state index in [9.17, 15) is 0 Å².